The fourth-order valence-corrected chi connectivity index (χ4v) is 5.02. The first-order chi connectivity index (χ1) is 15.7. The number of rotatable bonds is 7. The van der Waals surface area contributed by atoms with Crippen LogP contribution in [-0.4, -0.2) is 25.0 Å². The lowest BCUT2D eigenvalue weighted by atomic mass is 10.1. The number of para-hydroxylation sites is 1. The molecule has 0 spiro atoms. The highest BCUT2D eigenvalue weighted by Crippen LogP contribution is 2.36. The van der Waals surface area contributed by atoms with Gasteiger partial charge in [0.25, 0.3) is 0 Å². The van der Waals surface area contributed by atoms with E-state index in [1.807, 2.05) is 56.3 Å². The molecule has 5 aromatic rings. The summed E-state index contributed by atoms with van der Waals surface area (Å²) >= 11 is 3.28. The summed E-state index contributed by atoms with van der Waals surface area (Å²) in [6, 6.07) is 22.4. The molecule has 0 fully saturated rings. The summed E-state index contributed by atoms with van der Waals surface area (Å²) in [4.78, 5) is 1.25. The Morgan fingerprint density at radius 1 is 0.969 bits per heavy atom. The van der Waals surface area contributed by atoms with Crippen molar-refractivity contribution in [1.29, 1.82) is 0 Å². The molecule has 0 saturated heterocycles. The molecule has 0 bridgehead atoms. The standard InChI is InChI=1S/C24H21N5OS2/c1-16-8-6-9-18(14-16)23-27-26-22(30-23)17(2)32-24-28-25-21(15-20-12-7-13-31-20)29(24)19-10-4-3-5-11-19/h3-14,17H,15H2,1-2H3. The van der Waals surface area contributed by atoms with E-state index in [1.54, 1.807) is 23.1 Å². The largest absolute Gasteiger partial charge is 0.419 e. The fraction of sp³-hybridized carbons (Fsp3) is 0.167. The molecule has 8 heteroatoms. The first-order valence-electron chi connectivity index (χ1n) is 10.3. The Morgan fingerprint density at radius 3 is 2.62 bits per heavy atom. The SMILES string of the molecule is Cc1cccc(-c2nnc(C(C)Sc3nnc(Cc4cccs4)n3-c3ccccc3)o2)c1. The predicted molar refractivity (Wildman–Crippen MR) is 127 cm³/mol. The van der Waals surface area contributed by atoms with E-state index in [-0.39, 0.29) is 5.25 Å². The first kappa shape index (κ1) is 20.7. The maximum absolute atomic E-state index is 6.00. The molecule has 0 radical (unpaired) electrons. The Kier molecular flexibility index (Phi) is 5.87. The molecule has 0 amide bonds. The molecule has 1 atom stereocenters. The number of hydrogen-bond acceptors (Lipinski definition) is 7. The minimum atomic E-state index is -0.0812. The van der Waals surface area contributed by atoms with E-state index in [0.717, 1.165) is 34.2 Å². The van der Waals surface area contributed by atoms with Crippen LogP contribution in [0.2, 0.25) is 0 Å². The minimum Gasteiger partial charge on any atom is -0.419 e. The van der Waals surface area contributed by atoms with E-state index in [4.69, 9.17) is 4.42 Å². The summed E-state index contributed by atoms with van der Waals surface area (Å²) in [5, 5.41) is 20.4. The molecule has 3 aromatic heterocycles. The van der Waals surface area contributed by atoms with Gasteiger partial charge in [0.2, 0.25) is 11.8 Å². The van der Waals surface area contributed by atoms with Gasteiger partial charge in [-0.25, -0.2) is 0 Å². The van der Waals surface area contributed by atoms with E-state index in [0.29, 0.717) is 11.8 Å². The molecule has 0 aliphatic rings. The lowest BCUT2D eigenvalue weighted by molar-refractivity contribution is 0.509. The van der Waals surface area contributed by atoms with Gasteiger partial charge in [-0.1, -0.05) is 53.7 Å². The number of benzene rings is 2. The Balaban J connectivity index is 1.43. The van der Waals surface area contributed by atoms with Crippen LogP contribution < -0.4 is 0 Å². The summed E-state index contributed by atoms with van der Waals surface area (Å²) in [6.45, 7) is 4.09. The molecule has 6 nitrogen and oxygen atoms in total. The first-order valence-corrected chi connectivity index (χ1v) is 12.0. The molecule has 1 unspecified atom stereocenters. The lowest BCUT2D eigenvalue weighted by Crippen LogP contribution is -2.03. The Labute approximate surface area is 194 Å². The van der Waals surface area contributed by atoms with Crippen molar-refractivity contribution in [3.63, 3.8) is 0 Å². The molecular formula is C24H21N5OS2. The van der Waals surface area contributed by atoms with Crippen LogP contribution in [0.25, 0.3) is 17.1 Å². The van der Waals surface area contributed by atoms with Gasteiger partial charge < -0.3 is 4.42 Å². The van der Waals surface area contributed by atoms with Crippen LogP contribution in [-0.2, 0) is 6.42 Å². The summed E-state index contributed by atoms with van der Waals surface area (Å²) in [5.41, 5.74) is 3.11. The summed E-state index contributed by atoms with van der Waals surface area (Å²) in [7, 11) is 0. The van der Waals surface area contributed by atoms with E-state index >= 15 is 0 Å². The van der Waals surface area contributed by atoms with Gasteiger partial charge in [0.05, 0.1) is 5.25 Å². The monoisotopic (exact) mass is 459 g/mol. The van der Waals surface area contributed by atoms with Crippen LogP contribution in [0.4, 0.5) is 0 Å². The zero-order valence-electron chi connectivity index (χ0n) is 17.7. The second kappa shape index (κ2) is 9.10. The molecular weight excluding hydrogens is 438 g/mol. The molecule has 0 saturated carbocycles. The molecule has 32 heavy (non-hydrogen) atoms. The highest BCUT2D eigenvalue weighted by Gasteiger charge is 2.22. The quantitative estimate of drug-likeness (QED) is 0.273. The number of nitrogens with zero attached hydrogens (tertiary/aromatic N) is 5. The molecule has 5 rings (SSSR count). The van der Waals surface area contributed by atoms with Crippen LogP contribution in [0, 0.1) is 6.92 Å². The highest BCUT2D eigenvalue weighted by molar-refractivity contribution is 7.99. The Bertz CT molecular complexity index is 1310. The molecule has 0 aliphatic heterocycles. The van der Waals surface area contributed by atoms with Crippen molar-refractivity contribution in [2.45, 2.75) is 30.7 Å². The van der Waals surface area contributed by atoms with Crippen molar-refractivity contribution < 1.29 is 4.42 Å². The van der Waals surface area contributed by atoms with Crippen molar-refractivity contribution in [3.8, 4) is 17.1 Å². The number of thiophene rings is 1. The number of aromatic nitrogens is 5. The van der Waals surface area contributed by atoms with Gasteiger partial charge in [0.15, 0.2) is 5.16 Å². The molecule has 2 aromatic carbocycles. The van der Waals surface area contributed by atoms with Crippen LogP contribution >= 0.6 is 23.1 Å². The van der Waals surface area contributed by atoms with Crippen LogP contribution in [0.5, 0.6) is 0 Å². The minimum absolute atomic E-state index is 0.0812. The second-order valence-electron chi connectivity index (χ2n) is 7.40. The van der Waals surface area contributed by atoms with Gasteiger partial charge >= 0.3 is 0 Å². The molecule has 160 valence electrons. The zero-order chi connectivity index (χ0) is 21.9. The van der Waals surface area contributed by atoms with E-state index < -0.39 is 0 Å². The van der Waals surface area contributed by atoms with Gasteiger partial charge in [0.1, 0.15) is 5.82 Å². The van der Waals surface area contributed by atoms with Crippen LogP contribution in [0.3, 0.4) is 0 Å². The summed E-state index contributed by atoms with van der Waals surface area (Å²) in [6.07, 6.45) is 0.729. The van der Waals surface area contributed by atoms with Gasteiger partial charge in [-0.05, 0) is 49.6 Å². The van der Waals surface area contributed by atoms with Crippen LogP contribution in [0.1, 0.15) is 34.3 Å². The maximum Gasteiger partial charge on any atom is 0.247 e. The fourth-order valence-electron chi connectivity index (χ4n) is 3.40. The number of thioether (sulfide) groups is 1. The van der Waals surface area contributed by atoms with E-state index in [2.05, 4.69) is 54.6 Å². The Morgan fingerprint density at radius 2 is 1.84 bits per heavy atom. The average Bonchev–Trinajstić information content (AvgIpc) is 3.56. The van der Waals surface area contributed by atoms with Crippen molar-refractivity contribution in [2.75, 3.05) is 0 Å². The smallest absolute Gasteiger partial charge is 0.247 e. The van der Waals surface area contributed by atoms with Gasteiger partial charge in [-0.15, -0.1) is 31.7 Å². The lowest BCUT2D eigenvalue weighted by Gasteiger charge is -2.11. The van der Waals surface area contributed by atoms with E-state index in [9.17, 15) is 0 Å². The molecule has 3 heterocycles. The van der Waals surface area contributed by atoms with E-state index in [1.165, 1.54) is 4.88 Å². The topological polar surface area (TPSA) is 69.6 Å². The molecule has 0 N–H and O–H groups in total. The van der Waals surface area contributed by atoms with Crippen LogP contribution in [0.15, 0.2) is 81.7 Å². The maximum atomic E-state index is 6.00. The third-order valence-electron chi connectivity index (χ3n) is 4.96. The highest BCUT2D eigenvalue weighted by atomic mass is 32.2. The van der Waals surface area contributed by atoms with Gasteiger partial charge in [0, 0.05) is 22.5 Å². The van der Waals surface area contributed by atoms with Crippen molar-refractivity contribution in [1.82, 2.24) is 25.0 Å². The third-order valence-corrected chi connectivity index (χ3v) is 6.87. The van der Waals surface area contributed by atoms with Gasteiger partial charge in [-0.3, -0.25) is 4.57 Å². The summed E-state index contributed by atoms with van der Waals surface area (Å²) in [5.74, 6) is 1.99. The van der Waals surface area contributed by atoms with Crippen molar-refractivity contribution >= 4 is 23.1 Å². The third kappa shape index (κ3) is 4.37. The number of aryl methyl sites for hydroxylation is 1. The zero-order valence-corrected chi connectivity index (χ0v) is 19.3. The predicted octanol–water partition coefficient (Wildman–Crippen LogP) is 6.13. The second-order valence-corrected chi connectivity index (χ2v) is 9.74. The van der Waals surface area contributed by atoms with Crippen molar-refractivity contribution in [2.24, 2.45) is 0 Å². The van der Waals surface area contributed by atoms with Crippen molar-refractivity contribution in [3.05, 3.63) is 94.3 Å². The summed E-state index contributed by atoms with van der Waals surface area (Å²) < 4.78 is 8.11. The van der Waals surface area contributed by atoms with Gasteiger partial charge in [-0.2, -0.15) is 0 Å². The average molecular weight is 460 g/mol. The Hall–Kier alpha value is -3.23. The molecule has 0 aliphatic carbocycles. The normalized spacial score (nSPS) is 12.2. The number of hydrogen-bond donors (Lipinski definition) is 0.